The van der Waals surface area contributed by atoms with E-state index in [0.717, 1.165) is 55.7 Å². The third-order valence-electron chi connectivity index (χ3n) is 7.33. The van der Waals surface area contributed by atoms with Gasteiger partial charge in [0.05, 0.1) is 31.1 Å². The predicted octanol–water partition coefficient (Wildman–Crippen LogP) is 3.19. The van der Waals surface area contributed by atoms with Gasteiger partial charge in [0.25, 0.3) is 0 Å². The Labute approximate surface area is 197 Å². The van der Waals surface area contributed by atoms with E-state index < -0.39 is 0 Å². The van der Waals surface area contributed by atoms with Crippen LogP contribution in [0.1, 0.15) is 49.9 Å². The van der Waals surface area contributed by atoms with Crippen LogP contribution >= 0.6 is 0 Å². The van der Waals surface area contributed by atoms with Crippen LogP contribution in [0.4, 0.5) is 11.6 Å². The molecule has 10 heteroatoms. The summed E-state index contributed by atoms with van der Waals surface area (Å²) in [6.45, 7) is 1.84. The maximum atomic E-state index is 6.25. The van der Waals surface area contributed by atoms with E-state index in [1.807, 2.05) is 24.4 Å². The molecular formula is C24H30N8O2. The number of aromatic nitrogens is 6. The third-order valence-corrected chi connectivity index (χ3v) is 7.33. The number of rotatable bonds is 5. The van der Waals surface area contributed by atoms with Gasteiger partial charge in [-0.05, 0) is 44.2 Å². The highest BCUT2D eigenvalue weighted by Gasteiger charge is 2.31. The van der Waals surface area contributed by atoms with Gasteiger partial charge in [0.15, 0.2) is 11.5 Å². The Morgan fingerprint density at radius 1 is 1.09 bits per heavy atom. The fraction of sp³-hybridized carbons (Fsp3) is 0.500. The molecule has 3 atom stereocenters. The van der Waals surface area contributed by atoms with E-state index in [4.69, 9.17) is 25.3 Å². The average molecular weight is 463 g/mol. The SMILES string of the molecule is COc1cccc2c1nc(N)n1nc([C@@H]3CCCN(c4cnn(C5CCCC5OC)c4)C3)nc21. The van der Waals surface area contributed by atoms with E-state index >= 15 is 0 Å². The molecule has 0 spiro atoms. The van der Waals surface area contributed by atoms with Crippen molar-refractivity contribution in [3.05, 3.63) is 36.4 Å². The maximum absolute atomic E-state index is 6.25. The van der Waals surface area contributed by atoms with Crippen LogP contribution < -0.4 is 15.4 Å². The van der Waals surface area contributed by atoms with Crippen molar-refractivity contribution in [1.82, 2.24) is 29.4 Å². The lowest BCUT2D eigenvalue weighted by atomic mass is 9.97. The van der Waals surface area contributed by atoms with Crippen molar-refractivity contribution in [3.8, 4) is 5.75 Å². The Bertz CT molecular complexity index is 1330. The van der Waals surface area contributed by atoms with Crippen LogP contribution in [0.2, 0.25) is 0 Å². The molecule has 178 valence electrons. The van der Waals surface area contributed by atoms with Gasteiger partial charge in [0.1, 0.15) is 11.3 Å². The number of piperidine rings is 1. The van der Waals surface area contributed by atoms with E-state index in [0.29, 0.717) is 28.9 Å². The van der Waals surface area contributed by atoms with Gasteiger partial charge < -0.3 is 20.1 Å². The zero-order valence-corrected chi connectivity index (χ0v) is 19.6. The molecule has 1 aromatic carbocycles. The summed E-state index contributed by atoms with van der Waals surface area (Å²) in [4.78, 5) is 11.9. The fourth-order valence-corrected chi connectivity index (χ4v) is 5.56. The van der Waals surface area contributed by atoms with Gasteiger partial charge in [0.2, 0.25) is 5.95 Å². The molecule has 34 heavy (non-hydrogen) atoms. The van der Waals surface area contributed by atoms with E-state index in [1.54, 1.807) is 18.7 Å². The first kappa shape index (κ1) is 21.2. The Morgan fingerprint density at radius 3 is 2.85 bits per heavy atom. The largest absolute Gasteiger partial charge is 0.494 e. The molecule has 2 N–H and O–H groups in total. The number of nitrogens with two attached hydrogens (primary N) is 1. The van der Waals surface area contributed by atoms with Crippen LogP contribution in [-0.2, 0) is 4.74 Å². The zero-order valence-electron chi connectivity index (χ0n) is 19.6. The number of hydrogen-bond acceptors (Lipinski definition) is 8. The van der Waals surface area contributed by atoms with Crippen LogP contribution in [0.5, 0.6) is 5.75 Å². The number of methoxy groups -OCH3 is 2. The molecule has 1 aliphatic heterocycles. The first-order valence-electron chi connectivity index (χ1n) is 12.0. The summed E-state index contributed by atoms with van der Waals surface area (Å²) < 4.78 is 14.9. The second-order valence-electron chi connectivity index (χ2n) is 9.27. The minimum atomic E-state index is 0.204. The minimum absolute atomic E-state index is 0.204. The van der Waals surface area contributed by atoms with Crippen molar-refractivity contribution >= 4 is 28.2 Å². The Hall–Kier alpha value is -3.40. The van der Waals surface area contributed by atoms with Gasteiger partial charge in [-0.3, -0.25) is 4.68 Å². The predicted molar refractivity (Wildman–Crippen MR) is 129 cm³/mol. The summed E-state index contributed by atoms with van der Waals surface area (Å²) in [5.74, 6) is 1.99. The summed E-state index contributed by atoms with van der Waals surface area (Å²) in [5.41, 5.74) is 8.82. The summed E-state index contributed by atoms with van der Waals surface area (Å²) in [6, 6.07) is 6.12. The molecular weight excluding hydrogens is 432 g/mol. The first-order chi connectivity index (χ1) is 16.7. The van der Waals surface area contributed by atoms with Gasteiger partial charge in [-0.25, -0.2) is 9.97 Å². The summed E-state index contributed by atoms with van der Waals surface area (Å²) in [6.07, 6.45) is 9.89. The number of nitrogens with zero attached hydrogens (tertiary/aromatic N) is 7. The molecule has 10 nitrogen and oxygen atoms in total. The van der Waals surface area contributed by atoms with Crippen LogP contribution in [0.25, 0.3) is 16.6 Å². The third kappa shape index (κ3) is 3.44. The normalized spacial score (nSPS) is 23.2. The number of nitrogen functional groups attached to an aromatic ring is 1. The number of para-hydroxylation sites is 1. The van der Waals surface area contributed by atoms with Gasteiger partial charge in [0, 0.05) is 37.7 Å². The highest BCUT2D eigenvalue weighted by Crippen LogP contribution is 2.35. The van der Waals surface area contributed by atoms with Gasteiger partial charge in [-0.15, -0.1) is 5.10 Å². The summed E-state index contributed by atoms with van der Waals surface area (Å²) in [7, 11) is 3.43. The van der Waals surface area contributed by atoms with Crippen molar-refractivity contribution < 1.29 is 9.47 Å². The highest BCUT2D eigenvalue weighted by atomic mass is 16.5. The number of fused-ring (bicyclic) bond motifs is 3. The van der Waals surface area contributed by atoms with Crippen LogP contribution in [0, 0.1) is 0 Å². The molecule has 1 saturated heterocycles. The number of benzene rings is 1. The molecule has 2 unspecified atom stereocenters. The number of ether oxygens (including phenoxy) is 2. The second-order valence-corrected chi connectivity index (χ2v) is 9.27. The quantitative estimate of drug-likeness (QED) is 0.482. The number of anilines is 2. The minimum Gasteiger partial charge on any atom is -0.494 e. The van der Waals surface area contributed by atoms with E-state index in [9.17, 15) is 0 Å². The van der Waals surface area contributed by atoms with Crippen molar-refractivity contribution in [2.24, 2.45) is 0 Å². The highest BCUT2D eigenvalue weighted by molar-refractivity contribution is 5.95. The van der Waals surface area contributed by atoms with Crippen LogP contribution in [-0.4, -0.2) is 62.8 Å². The van der Waals surface area contributed by atoms with Gasteiger partial charge in [-0.1, -0.05) is 6.07 Å². The fourth-order valence-electron chi connectivity index (χ4n) is 5.56. The van der Waals surface area contributed by atoms with E-state index in [-0.39, 0.29) is 12.0 Å². The Morgan fingerprint density at radius 2 is 2.00 bits per heavy atom. The summed E-state index contributed by atoms with van der Waals surface area (Å²) in [5, 5.41) is 10.3. The van der Waals surface area contributed by atoms with Gasteiger partial charge >= 0.3 is 0 Å². The average Bonchev–Trinajstić information content (AvgIpc) is 3.63. The topological polar surface area (TPSA) is 109 Å². The lowest BCUT2D eigenvalue weighted by Gasteiger charge is -2.32. The van der Waals surface area contributed by atoms with E-state index in [2.05, 4.69) is 25.9 Å². The molecule has 0 bridgehead atoms. The van der Waals surface area contributed by atoms with Crippen LogP contribution in [0.15, 0.2) is 30.6 Å². The molecule has 1 saturated carbocycles. The standard InChI is InChI=1S/C24H30N8O2/c1-33-19-9-4-8-18(19)31-14-16(12-26-31)30-11-5-6-15(13-30)22-28-23-17-7-3-10-20(34-2)21(17)27-24(25)32(23)29-22/h3,7,10,12,14-15,18-19H,4-6,8-9,11,13H2,1-2H3,(H2,25,27)/t15-,18?,19?/m1/s1. The molecule has 3 aromatic heterocycles. The van der Waals surface area contributed by atoms with Crippen molar-refractivity contribution in [2.75, 3.05) is 37.9 Å². The summed E-state index contributed by atoms with van der Waals surface area (Å²) >= 11 is 0. The molecule has 4 aromatic rings. The molecule has 0 radical (unpaired) electrons. The lowest BCUT2D eigenvalue weighted by molar-refractivity contribution is 0.0709. The van der Waals surface area contributed by atoms with E-state index in [1.165, 1.54) is 6.42 Å². The number of hydrogen-bond donors (Lipinski definition) is 1. The zero-order chi connectivity index (χ0) is 23.2. The molecule has 6 rings (SSSR count). The molecule has 0 amide bonds. The van der Waals surface area contributed by atoms with Crippen molar-refractivity contribution in [3.63, 3.8) is 0 Å². The second kappa shape index (κ2) is 8.43. The monoisotopic (exact) mass is 462 g/mol. The van der Waals surface area contributed by atoms with Crippen molar-refractivity contribution in [1.29, 1.82) is 0 Å². The molecule has 1 aliphatic carbocycles. The lowest BCUT2D eigenvalue weighted by Crippen LogP contribution is -2.34. The van der Waals surface area contributed by atoms with Crippen LogP contribution in [0.3, 0.4) is 0 Å². The van der Waals surface area contributed by atoms with Crippen molar-refractivity contribution in [2.45, 2.75) is 50.2 Å². The molecule has 2 aliphatic rings. The first-order valence-corrected chi connectivity index (χ1v) is 12.0. The maximum Gasteiger partial charge on any atom is 0.223 e. The Kier molecular flexibility index (Phi) is 5.24. The smallest absolute Gasteiger partial charge is 0.223 e. The molecule has 2 fully saturated rings. The van der Waals surface area contributed by atoms with Gasteiger partial charge in [-0.2, -0.15) is 9.61 Å². The Balaban J connectivity index is 1.29. The molecule has 4 heterocycles.